The minimum atomic E-state index is -0.257. The fourth-order valence-electron chi connectivity index (χ4n) is 2.62. The highest BCUT2D eigenvalue weighted by Gasteiger charge is 2.21. The number of nitrogens with one attached hydrogen (secondary N) is 1. The lowest BCUT2D eigenvalue weighted by atomic mass is 9.90. The van der Waals surface area contributed by atoms with Crippen molar-refractivity contribution in [3.63, 3.8) is 0 Å². The largest absolute Gasteiger partial charge is 0.382 e. The summed E-state index contributed by atoms with van der Waals surface area (Å²) >= 11 is 0. The minimum Gasteiger partial charge on any atom is -0.382 e. The van der Waals surface area contributed by atoms with Gasteiger partial charge in [0.2, 0.25) is 0 Å². The topological polar surface area (TPSA) is 54.7 Å². The molecule has 1 unspecified atom stereocenters. The summed E-state index contributed by atoms with van der Waals surface area (Å²) in [7, 11) is 0. The van der Waals surface area contributed by atoms with Crippen LogP contribution in [0.5, 0.6) is 0 Å². The van der Waals surface area contributed by atoms with Crippen LogP contribution in [0, 0.1) is 5.82 Å². The molecule has 108 valence electrons. The van der Waals surface area contributed by atoms with Crippen molar-refractivity contribution in [2.45, 2.75) is 45.4 Å². The molecule has 0 aliphatic heterocycles. The normalized spacial score (nSPS) is 12.6. The van der Waals surface area contributed by atoms with Crippen molar-refractivity contribution in [2.75, 3.05) is 5.73 Å². The summed E-state index contributed by atoms with van der Waals surface area (Å²) in [6, 6.07) is 6.72. The number of aromatic amines is 1. The van der Waals surface area contributed by atoms with Crippen LogP contribution in [-0.2, 0) is 0 Å². The van der Waals surface area contributed by atoms with E-state index in [-0.39, 0.29) is 5.82 Å². The molecule has 1 atom stereocenters. The van der Waals surface area contributed by atoms with Crippen LogP contribution in [0.2, 0.25) is 0 Å². The Labute approximate surface area is 119 Å². The van der Waals surface area contributed by atoms with E-state index in [2.05, 4.69) is 24.0 Å². The van der Waals surface area contributed by atoms with Gasteiger partial charge in [-0.05, 0) is 18.9 Å². The van der Waals surface area contributed by atoms with Gasteiger partial charge in [0.25, 0.3) is 0 Å². The third-order valence-corrected chi connectivity index (χ3v) is 3.77. The second-order valence-electron chi connectivity index (χ2n) is 5.12. The molecule has 0 fully saturated rings. The van der Waals surface area contributed by atoms with E-state index in [1.807, 2.05) is 6.07 Å². The van der Waals surface area contributed by atoms with Gasteiger partial charge in [-0.1, -0.05) is 44.9 Å². The van der Waals surface area contributed by atoms with Gasteiger partial charge in [0.1, 0.15) is 5.82 Å². The highest BCUT2D eigenvalue weighted by atomic mass is 19.1. The zero-order valence-corrected chi connectivity index (χ0v) is 12.1. The summed E-state index contributed by atoms with van der Waals surface area (Å²) < 4.78 is 14.0. The highest BCUT2D eigenvalue weighted by molar-refractivity contribution is 5.77. The number of rotatable bonds is 6. The lowest BCUT2D eigenvalue weighted by molar-refractivity contribution is 0.556. The number of nitrogens with zero attached hydrogens (tertiary/aromatic N) is 1. The van der Waals surface area contributed by atoms with E-state index in [4.69, 9.17) is 5.73 Å². The third kappa shape index (κ3) is 2.84. The van der Waals surface area contributed by atoms with E-state index in [1.165, 1.54) is 6.07 Å². The fraction of sp³-hybridized carbons (Fsp3) is 0.438. The molecule has 1 aromatic carbocycles. The molecule has 0 spiro atoms. The van der Waals surface area contributed by atoms with Crippen molar-refractivity contribution in [1.29, 1.82) is 0 Å². The predicted octanol–water partition coefficient (Wildman–Crippen LogP) is 4.48. The first-order valence-electron chi connectivity index (χ1n) is 7.27. The van der Waals surface area contributed by atoms with Crippen LogP contribution in [0.4, 0.5) is 10.2 Å². The first-order chi connectivity index (χ1) is 9.69. The molecule has 1 aromatic heterocycles. The standard InChI is InChI=1S/C16H22FN3/c1-3-5-8-11(4-2)15-14(16(18)20-19-15)12-9-6-7-10-13(12)17/h6-7,9-11H,3-5,8H2,1-2H3,(H3,18,19,20). The van der Waals surface area contributed by atoms with E-state index in [0.717, 1.165) is 36.9 Å². The first-order valence-corrected chi connectivity index (χ1v) is 7.27. The molecule has 3 N–H and O–H groups in total. The number of hydrogen-bond acceptors (Lipinski definition) is 2. The van der Waals surface area contributed by atoms with Crippen molar-refractivity contribution in [2.24, 2.45) is 0 Å². The second kappa shape index (κ2) is 6.55. The Balaban J connectivity index is 2.44. The van der Waals surface area contributed by atoms with Crippen LogP contribution in [0.3, 0.4) is 0 Å². The molecule has 3 nitrogen and oxygen atoms in total. The Morgan fingerprint density at radius 2 is 2.05 bits per heavy atom. The number of halogens is 1. The summed E-state index contributed by atoms with van der Waals surface area (Å²) in [5, 5.41) is 7.12. The number of anilines is 1. The number of benzene rings is 1. The van der Waals surface area contributed by atoms with Crippen LogP contribution in [0.15, 0.2) is 24.3 Å². The van der Waals surface area contributed by atoms with Crippen LogP contribution in [0.25, 0.3) is 11.1 Å². The van der Waals surface area contributed by atoms with Gasteiger partial charge in [0.15, 0.2) is 5.82 Å². The lowest BCUT2D eigenvalue weighted by Crippen LogP contribution is -2.01. The molecule has 0 aliphatic rings. The Morgan fingerprint density at radius 1 is 1.30 bits per heavy atom. The lowest BCUT2D eigenvalue weighted by Gasteiger charge is -2.15. The van der Waals surface area contributed by atoms with Crippen molar-refractivity contribution < 1.29 is 4.39 Å². The zero-order valence-electron chi connectivity index (χ0n) is 12.1. The summed E-state index contributed by atoms with van der Waals surface area (Å²) in [6.45, 7) is 4.31. The van der Waals surface area contributed by atoms with E-state index in [0.29, 0.717) is 17.3 Å². The van der Waals surface area contributed by atoms with Gasteiger partial charge >= 0.3 is 0 Å². The number of nitrogens with two attached hydrogens (primary N) is 1. The summed E-state index contributed by atoms with van der Waals surface area (Å²) in [4.78, 5) is 0. The maximum absolute atomic E-state index is 14.0. The second-order valence-corrected chi connectivity index (χ2v) is 5.12. The Hall–Kier alpha value is -1.84. The van der Waals surface area contributed by atoms with Crippen LogP contribution < -0.4 is 5.73 Å². The van der Waals surface area contributed by atoms with E-state index < -0.39 is 0 Å². The van der Waals surface area contributed by atoms with Gasteiger partial charge in [0.05, 0.1) is 0 Å². The molecule has 0 saturated carbocycles. The molecule has 0 saturated heterocycles. The molecule has 0 amide bonds. The molecule has 0 aliphatic carbocycles. The molecule has 2 rings (SSSR count). The fourth-order valence-corrected chi connectivity index (χ4v) is 2.62. The van der Waals surface area contributed by atoms with Crippen molar-refractivity contribution in [3.05, 3.63) is 35.8 Å². The quantitative estimate of drug-likeness (QED) is 0.816. The van der Waals surface area contributed by atoms with Crippen molar-refractivity contribution in [3.8, 4) is 11.1 Å². The molecule has 0 bridgehead atoms. The van der Waals surface area contributed by atoms with Crippen LogP contribution >= 0.6 is 0 Å². The number of hydrogen-bond donors (Lipinski definition) is 2. The molecule has 1 heterocycles. The SMILES string of the molecule is CCCCC(CC)c1[nH]nc(N)c1-c1ccccc1F. The number of unbranched alkanes of at least 4 members (excludes halogenated alkanes) is 1. The predicted molar refractivity (Wildman–Crippen MR) is 81.0 cm³/mol. The molecule has 2 aromatic rings. The van der Waals surface area contributed by atoms with E-state index >= 15 is 0 Å². The number of H-pyrrole nitrogens is 1. The number of nitrogen functional groups attached to an aromatic ring is 1. The molecular formula is C16H22FN3. The average Bonchev–Trinajstić information content (AvgIpc) is 2.82. The first kappa shape index (κ1) is 14.6. The van der Waals surface area contributed by atoms with Gasteiger partial charge in [-0.3, -0.25) is 5.10 Å². The summed E-state index contributed by atoms with van der Waals surface area (Å²) in [5.74, 6) is 0.460. The Morgan fingerprint density at radius 3 is 2.70 bits per heavy atom. The van der Waals surface area contributed by atoms with Crippen molar-refractivity contribution in [1.82, 2.24) is 10.2 Å². The van der Waals surface area contributed by atoms with Crippen LogP contribution in [-0.4, -0.2) is 10.2 Å². The monoisotopic (exact) mass is 275 g/mol. The van der Waals surface area contributed by atoms with Crippen LogP contribution in [0.1, 0.15) is 51.1 Å². The van der Waals surface area contributed by atoms with Gasteiger partial charge in [-0.25, -0.2) is 4.39 Å². The van der Waals surface area contributed by atoms with Crippen molar-refractivity contribution >= 4 is 5.82 Å². The smallest absolute Gasteiger partial charge is 0.153 e. The minimum absolute atomic E-state index is 0.257. The maximum Gasteiger partial charge on any atom is 0.153 e. The zero-order chi connectivity index (χ0) is 14.5. The molecule has 20 heavy (non-hydrogen) atoms. The molecule has 0 radical (unpaired) electrons. The average molecular weight is 275 g/mol. The Bertz CT molecular complexity index is 563. The van der Waals surface area contributed by atoms with Gasteiger partial charge < -0.3 is 5.73 Å². The molecular weight excluding hydrogens is 253 g/mol. The van der Waals surface area contributed by atoms with Gasteiger partial charge in [0, 0.05) is 22.7 Å². The van der Waals surface area contributed by atoms with E-state index in [9.17, 15) is 4.39 Å². The highest BCUT2D eigenvalue weighted by Crippen LogP contribution is 2.37. The summed E-state index contributed by atoms with van der Waals surface area (Å²) in [6.07, 6.45) is 4.35. The third-order valence-electron chi connectivity index (χ3n) is 3.77. The summed E-state index contributed by atoms with van der Waals surface area (Å²) in [5.41, 5.74) is 8.18. The van der Waals surface area contributed by atoms with Gasteiger partial charge in [-0.2, -0.15) is 5.10 Å². The maximum atomic E-state index is 14.0. The Kier molecular flexibility index (Phi) is 4.77. The van der Waals surface area contributed by atoms with Gasteiger partial charge in [-0.15, -0.1) is 0 Å². The number of aromatic nitrogens is 2. The molecule has 4 heteroatoms. The van der Waals surface area contributed by atoms with E-state index in [1.54, 1.807) is 12.1 Å².